The predicted molar refractivity (Wildman–Crippen MR) is 73.0 cm³/mol. The van der Waals surface area contributed by atoms with E-state index in [-0.39, 0.29) is 5.56 Å². The van der Waals surface area contributed by atoms with E-state index in [0.29, 0.717) is 5.56 Å². The second-order valence-electron chi connectivity index (χ2n) is 4.82. The standard InChI is InChI=1S/C16H13F2NO/c17-10-6-7-13(14(18)9-10)16(20)12-3-1-5-15-11(12)4-2-8-19-15/h1,3,5-7,9,19H,2,4,8H2. The monoisotopic (exact) mass is 273 g/mol. The van der Waals surface area contributed by atoms with Crippen molar-refractivity contribution in [3.8, 4) is 0 Å². The lowest BCUT2D eigenvalue weighted by atomic mass is 9.92. The summed E-state index contributed by atoms with van der Waals surface area (Å²) in [7, 11) is 0. The molecule has 2 aromatic carbocycles. The number of carbonyl (C=O) groups excluding carboxylic acids is 1. The Morgan fingerprint density at radius 2 is 1.95 bits per heavy atom. The van der Waals surface area contributed by atoms with Gasteiger partial charge in [0.15, 0.2) is 5.78 Å². The Hall–Kier alpha value is -2.23. The summed E-state index contributed by atoms with van der Waals surface area (Å²) in [4.78, 5) is 12.5. The summed E-state index contributed by atoms with van der Waals surface area (Å²) >= 11 is 0. The molecule has 0 atom stereocenters. The van der Waals surface area contributed by atoms with Gasteiger partial charge in [-0.05, 0) is 36.6 Å². The average molecular weight is 273 g/mol. The third-order valence-corrected chi connectivity index (χ3v) is 3.52. The molecule has 0 aliphatic carbocycles. The number of benzene rings is 2. The maximum Gasteiger partial charge on any atom is 0.196 e. The van der Waals surface area contributed by atoms with Crippen molar-refractivity contribution < 1.29 is 13.6 Å². The highest BCUT2D eigenvalue weighted by atomic mass is 19.1. The minimum Gasteiger partial charge on any atom is -0.385 e. The summed E-state index contributed by atoms with van der Waals surface area (Å²) in [5, 5.41) is 3.23. The second-order valence-corrected chi connectivity index (χ2v) is 4.82. The molecule has 20 heavy (non-hydrogen) atoms. The highest BCUT2D eigenvalue weighted by Gasteiger charge is 2.20. The molecule has 0 spiro atoms. The van der Waals surface area contributed by atoms with Crippen LogP contribution in [0.3, 0.4) is 0 Å². The number of rotatable bonds is 2. The van der Waals surface area contributed by atoms with Gasteiger partial charge in [-0.15, -0.1) is 0 Å². The third kappa shape index (κ3) is 2.18. The number of nitrogens with one attached hydrogen (secondary N) is 1. The minimum atomic E-state index is -0.823. The molecule has 0 fully saturated rings. The van der Waals surface area contributed by atoms with E-state index >= 15 is 0 Å². The van der Waals surface area contributed by atoms with E-state index < -0.39 is 17.4 Å². The molecule has 2 aromatic rings. The summed E-state index contributed by atoms with van der Waals surface area (Å²) in [6, 6.07) is 8.41. The van der Waals surface area contributed by atoms with Crippen LogP contribution >= 0.6 is 0 Å². The van der Waals surface area contributed by atoms with Crippen molar-refractivity contribution in [2.24, 2.45) is 0 Å². The molecule has 1 aliphatic rings. The van der Waals surface area contributed by atoms with E-state index in [1.165, 1.54) is 6.07 Å². The Labute approximate surface area is 115 Å². The van der Waals surface area contributed by atoms with Crippen LogP contribution in [-0.4, -0.2) is 12.3 Å². The first kappa shape index (κ1) is 12.8. The zero-order valence-corrected chi connectivity index (χ0v) is 10.7. The fraction of sp³-hybridized carbons (Fsp3) is 0.188. The van der Waals surface area contributed by atoms with Crippen LogP contribution in [0.4, 0.5) is 14.5 Å². The van der Waals surface area contributed by atoms with Gasteiger partial charge in [0.2, 0.25) is 0 Å². The largest absolute Gasteiger partial charge is 0.385 e. The van der Waals surface area contributed by atoms with E-state index in [2.05, 4.69) is 5.32 Å². The van der Waals surface area contributed by atoms with Gasteiger partial charge in [0.05, 0.1) is 5.56 Å². The molecule has 1 heterocycles. The molecule has 4 heteroatoms. The molecule has 0 amide bonds. The fourth-order valence-corrected chi connectivity index (χ4v) is 2.54. The van der Waals surface area contributed by atoms with Crippen LogP contribution in [0.2, 0.25) is 0 Å². The maximum absolute atomic E-state index is 13.7. The number of carbonyl (C=O) groups is 1. The van der Waals surface area contributed by atoms with Crippen LogP contribution in [-0.2, 0) is 6.42 Å². The predicted octanol–water partition coefficient (Wildman–Crippen LogP) is 3.55. The molecule has 1 N–H and O–H groups in total. The van der Waals surface area contributed by atoms with Gasteiger partial charge in [-0.2, -0.15) is 0 Å². The first-order valence-corrected chi connectivity index (χ1v) is 6.52. The lowest BCUT2D eigenvalue weighted by molar-refractivity contribution is 0.103. The number of halogens is 2. The molecular formula is C16H13F2NO. The molecule has 0 aromatic heterocycles. The van der Waals surface area contributed by atoms with Gasteiger partial charge < -0.3 is 5.32 Å². The molecule has 3 rings (SSSR count). The highest BCUT2D eigenvalue weighted by Crippen LogP contribution is 2.27. The smallest absolute Gasteiger partial charge is 0.196 e. The Morgan fingerprint density at radius 1 is 1.10 bits per heavy atom. The summed E-state index contributed by atoms with van der Waals surface area (Å²) in [5.74, 6) is -1.91. The van der Waals surface area contributed by atoms with E-state index in [0.717, 1.165) is 42.8 Å². The van der Waals surface area contributed by atoms with Crippen molar-refractivity contribution in [1.29, 1.82) is 0 Å². The highest BCUT2D eigenvalue weighted by molar-refractivity contribution is 6.10. The molecule has 2 nitrogen and oxygen atoms in total. The first-order valence-electron chi connectivity index (χ1n) is 6.52. The Balaban J connectivity index is 2.07. The number of ketones is 1. The number of hydrogen-bond acceptors (Lipinski definition) is 2. The minimum absolute atomic E-state index is 0.0922. The third-order valence-electron chi connectivity index (χ3n) is 3.52. The molecule has 0 bridgehead atoms. The molecule has 102 valence electrons. The van der Waals surface area contributed by atoms with Crippen molar-refractivity contribution in [3.05, 3.63) is 64.7 Å². The van der Waals surface area contributed by atoms with E-state index in [9.17, 15) is 13.6 Å². The summed E-state index contributed by atoms with van der Waals surface area (Å²) in [6.07, 6.45) is 1.72. The maximum atomic E-state index is 13.7. The second kappa shape index (κ2) is 5.04. The van der Waals surface area contributed by atoms with E-state index in [1.807, 2.05) is 6.07 Å². The zero-order chi connectivity index (χ0) is 14.1. The van der Waals surface area contributed by atoms with Crippen LogP contribution in [0.15, 0.2) is 36.4 Å². The molecule has 0 unspecified atom stereocenters. The van der Waals surface area contributed by atoms with Crippen molar-refractivity contribution in [2.45, 2.75) is 12.8 Å². The average Bonchev–Trinajstić information content (AvgIpc) is 2.46. The quantitative estimate of drug-likeness (QED) is 0.848. The van der Waals surface area contributed by atoms with Crippen molar-refractivity contribution in [2.75, 3.05) is 11.9 Å². The van der Waals surface area contributed by atoms with Gasteiger partial charge in [0.1, 0.15) is 11.6 Å². The summed E-state index contributed by atoms with van der Waals surface area (Å²) in [6.45, 7) is 0.871. The topological polar surface area (TPSA) is 29.1 Å². The Kier molecular flexibility index (Phi) is 3.22. The van der Waals surface area contributed by atoms with Gasteiger partial charge in [0, 0.05) is 23.9 Å². The first-order chi connectivity index (χ1) is 9.66. The van der Waals surface area contributed by atoms with Crippen LogP contribution in [0.5, 0.6) is 0 Å². The van der Waals surface area contributed by atoms with Crippen molar-refractivity contribution in [1.82, 2.24) is 0 Å². The van der Waals surface area contributed by atoms with Gasteiger partial charge in [-0.25, -0.2) is 8.78 Å². The van der Waals surface area contributed by atoms with Gasteiger partial charge in [-0.3, -0.25) is 4.79 Å². The SMILES string of the molecule is O=C(c1ccc(F)cc1F)c1cccc2c1CCCN2. The zero-order valence-electron chi connectivity index (χ0n) is 10.7. The van der Waals surface area contributed by atoms with E-state index in [1.54, 1.807) is 12.1 Å². The lowest BCUT2D eigenvalue weighted by Crippen LogP contribution is -2.16. The van der Waals surface area contributed by atoms with Crippen LogP contribution in [0, 0.1) is 11.6 Å². The Bertz CT molecular complexity index is 682. The normalized spacial score (nSPS) is 13.5. The van der Waals surface area contributed by atoms with Crippen LogP contribution in [0.1, 0.15) is 27.9 Å². The van der Waals surface area contributed by atoms with Crippen molar-refractivity contribution in [3.63, 3.8) is 0 Å². The summed E-state index contributed by atoms with van der Waals surface area (Å²) < 4.78 is 26.7. The number of anilines is 1. The number of hydrogen-bond donors (Lipinski definition) is 1. The van der Waals surface area contributed by atoms with Crippen LogP contribution in [0.25, 0.3) is 0 Å². The molecule has 0 saturated carbocycles. The van der Waals surface area contributed by atoms with Gasteiger partial charge >= 0.3 is 0 Å². The molecule has 0 radical (unpaired) electrons. The van der Waals surface area contributed by atoms with Gasteiger partial charge in [-0.1, -0.05) is 12.1 Å². The number of fused-ring (bicyclic) bond motifs is 1. The lowest BCUT2D eigenvalue weighted by Gasteiger charge is -2.20. The van der Waals surface area contributed by atoms with Crippen molar-refractivity contribution >= 4 is 11.5 Å². The van der Waals surface area contributed by atoms with E-state index in [4.69, 9.17) is 0 Å². The Morgan fingerprint density at radius 3 is 2.75 bits per heavy atom. The van der Waals surface area contributed by atoms with Gasteiger partial charge in [0.25, 0.3) is 0 Å². The molecular weight excluding hydrogens is 260 g/mol. The molecule has 0 saturated heterocycles. The summed E-state index contributed by atoms with van der Waals surface area (Å²) in [5.41, 5.74) is 2.22. The molecule has 1 aliphatic heterocycles. The fourth-order valence-electron chi connectivity index (χ4n) is 2.54. The van der Waals surface area contributed by atoms with Crippen LogP contribution < -0.4 is 5.32 Å².